The molecule has 154 valence electrons. The van der Waals surface area contributed by atoms with E-state index in [9.17, 15) is 14.4 Å². The Morgan fingerprint density at radius 2 is 1.76 bits per heavy atom. The zero-order chi connectivity index (χ0) is 20.1. The molecule has 2 amide bonds. The molecule has 3 aliphatic carbocycles. The monoisotopic (exact) mass is 396 g/mol. The quantitative estimate of drug-likeness (QED) is 0.798. The molecule has 6 heteroatoms. The molecule has 1 aromatic carbocycles. The molecule has 0 radical (unpaired) electrons. The number of hydrogen-bond donors (Lipinski definition) is 1. The van der Waals surface area contributed by atoms with Crippen LogP contribution in [0.1, 0.15) is 69.4 Å². The van der Waals surface area contributed by atoms with Crippen LogP contribution in [0.3, 0.4) is 0 Å². The highest BCUT2D eigenvalue weighted by Gasteiger charge is 2.52. The number of nitrogens with zero attached hydrogens (tertiary/aromatic N) is 2. The maximum absolute atomic E-state index is 13.2. The fourth-order valence-corrected chi connectivity index (χ4v) is 5.47. The minimum absolute atomic E-state index is 0.0456. The Bertz CT molecular complexity index is 845. The van der Waals surface area contributed by atoms with Gasteiger partial charge in [-0.1, -0.05) is 24.6 Å². The lowest BCUT2D eigenvalue weighted by molar-refractivity contribution is -0.143. The molecule has 1 N–H and O–H groups in total. The van der Waals surface area contributed by atoms with Crippen molar-refractivity contribution >= 4 is 23.5 Å². The highest BCUT2D eigenvalue weighted by Crippen LogP contribution is 2.53. The van der Waals surface area contributed by atoms with Crippen LogP contribution in [0.15, 0.2) is 24.3 Å². The zero-order valence-electron chi connectivity index (χ0n) is 16.6. The van der Waals surface area contributed by atoms with E-state index in [-0.39, 0.29) is 54.6 Å². The van der Waals surface area contributed by atoms with Gasteiger partial charge in [-0.2, -0.15) is 0 Å². The highest BCUT2D eigenvalue weighted by molar-refractivity contribution is 5.98. The summed E-state index contributed by atoms with van der Waals surface area (Å²) in [6.45, 7) is 0. The third kappa shape index (κ3) is 3.32. The van der Waals surface area contributed by atoms with Crippen molar-refractivity contribution in [2.24, 2.45) is 11.8 Å². The molecule has 0 aromatic heterocycles. The van der Waals surface area contributed by atoms with Crippen molar-refractivity contribution in [2.75, 3.05) is 4.90 Å². The molecular weight excluding hydrogens is 368 g/mol. The van der Waals surface area contributed by atoms with Crippen molar-refractivity contribution in [3.63, 3.8) is 0 Å². The van der Waals surface area contributed by atoms with Gasteiger partial charge < -0.3 is 14.9 Å². The summed E-state index contributed by atoms with van der Waals surface area (Å²) in [5, 5.41) is 9.06. The average molecular weight is 396 g/mol. The number of hydrogen-bond acceptors (Lipinski definition) is 3. The fraction of sp³-hybridized carbons (Fsp3) is 0.609. The third-order valence-corrected chi connectivity index (χ3v) is 7.03. The predicted molar refractivity (Wildman–Crippen MR) is 107 cm³/mol. The van der Waals surface area contributed by atoms with Crippen LogP contribution in [0.25, 0.3) is 0 Å². The summed E-state index contributed by atoms with van der Waals surface area (Å²) >= 11 is 0. The number of aliphatic carboxylic acids is 1. The lowest BCUT2D eigenvalue weighted by atomic mass is 9.81. The summed E-state index contributed by atoms with van der Waals surface area (Å²) in [4.78, 5) is 41.4. The van der Waals surface area contributed by atoms with Gasteiger partial charge in [0.2, 0.25) is 11.8 Å². The number of carboxylic acids is 1. The lowest BCUT2D eigenvalue weighted by Gasteiger charge is -2.48. The molecule has 3 fully saturated rings. The number of para-hydroxylation sites is 1. The van der Waals surface area contributed by atoms with Crippen molar-refractivity contribution in [1.29, 1.82) is 0 Å². The Kier molecular flexibility index (Phi) is 4.60. The first kappa shape index (κ1) is 18.6. The Morgan fingerprint density at radius 1 is 1.00 bits per heavy atom. The molecule has 3 atom stereocenters. The molecule has 5 rings (SSSR count). The zero-order valence-corrected chi connectivity index (χ0v) is 16.6. The van der Waals surface area contributed by atoms with Gasteiger partial charge >= 0.3 is 5.97 Å². The van der Waals surface area contributed by atoms with E-state index in [1.165, 1.54) is 0 Å². The molecule has 0 bridgehead atoms. The van der Waals surface area contributed by atoms with Gasteiger partial charge in [-0.05, 0) is 50.2 Å². The van der Waals surface area contributed by atoms with Crippen LogP contribution in [0.2, 0.25) is 0 Å². The van der Waals surface area contributed by atoms with Crippen LogP contribution >= 0.6 is 0 Å². The fourth-order valence-electron chi connectivity index (χ4n) is 5.47. The highest BCUT2D eigenvalue weighted by atomic mass is 16.4. The van der Waals surface area contributed by atoms with Crippen molar-refractivity contribution < 1.29 is 19.5 Å². The number of amides is 2. The second-order valence-electron chi connectivity index (χ2n) is 9.07. The van der Waals surface area contributed by atoms with E-state index >= 15 is 0 Å². The topological polar surface area (TPSA) is 77.9 Å². The van der Waals surface area contributed by atoms with E-state index in [2.05, 4.69) is 11.0 Å². The number of carboxylic acid groups (broad SMARTS) is 1. The molecule has 29 heavy (non-hydrogen) atoms. The maximum atomic E-state index is 13.2. The SMILES string of the molecule is O=C(O)CCC(=O)N(C1CC1)[C@H]1c2ccccc2N(C(=O)C2CC2)[C@@H]2CCC[C@@H]21. The van der Waals surface area contributed by atoms with E-state index in [0.29, 0.717) is 0 Å². The van der Waals surface area contributed by atoms with E-state index in [0.717, 1.165) is 56.2 Å². The van der Waals surface area contributed by atoms with Gasteiger partial charge in [0, 0.05) is 36.0 Å². The number of rotatable bonds is 6. The summed E-state index contributed by atoms with van der Waals surface area (Å²) in [6.07, 6.45) is 6.92. The minimum Gasteiger partial charge on any atom is -0.481 e. The van der Waals surface area contributed by atoms with Gasteiger partial charge in [0.05, 0.1) is 12.5 Å². The number of anilines is 1. The molecule has 1 aromatic rings. The summed E-state index contributed by atoms with van der Waals surface area (Å²) < 4.78 is 0. The Morgan fingerprint density at radius 3 is 2.45 bits per heavy atom. The second kappa shape index (κ2) is 7.15. The molecule has 0 spiro atoms. The summed E-state index contributed by atoms with van der Waals surface area (Å²) in [5.41, 5.74) is 2.04. The Balaban J connectivity index is 1.54. The van der Waals surface area contributed by atoms with E-state index in [1.54, 1.807) is 0 Å². The van der Waals surface area contributed by atoms with Crippen molar-refractivity contribution in [1.82, 2.24) is 4.90 Å². The van der Waals surface area contributed by atoms with Gasteiger partial charge in [0.15, 0.2) is 0 Å². The van der Waals surface area contributed by atoms with Crippen molar-refractivity contribution in [3.05, 3.63) is 29.8 Å². The molecule has 1 heterocycles. The third-order valence-electron chi connectivity index (χ3n) is 7.03. The first-order chi connectivity index (χ1) is 14.1. The number of carbonyl (C=O) groups excluding carboxylic acids is 2. The largest absolute Gasteiger partial charge is 0.481 e. The van der Waals surface area contributed by atoms with Gasteiger partial charge in [-0.15, -0.1) is 0 Å². The Labute approximate surface area is 170 Å². The summed E-state index contributed by atoms with van der Waals surface area (Å²) in [6, 6.07) is 8.39. The molecule has 3 saturated carbocycles. The minimum atomic E-state index is -0.932. The van der Waals surface area contributed by atoms with E-state index in [4.69, 9.17) is 5.11 Å². The van der Waals surface area contributed by atoms with Gasteiger partial charge in [-0.3, -0.25) is 14.4 Å². The first-order valence-electron chi connectivity index (χ1n) is 11.0. The number of carbonyl (C=O) groups is 3. The van der Waals surface area contributed by atoms with Crippen LogP contribution in [0.5, 0.6) is 0 Å². The second-order valence-corrected chi connectivity index (χ2v) is 9.07. The van der Waals surface area contributed by atoms with Gasteiger partial charge in [0.25, 0.3) is 0 Å². The van der Waals surface area contributed by atoms with Crippen molar-refractivity contribution in [3.8, 4) is 0 Å². The molecule has 1 aliphatic heterocycles. The van der Waals surface area contributed by atoms with E-state index < -0.39 is 5.97 Å². The number of benzene rings is 1. The Hall–Kier alpha value is -2.37. The average Bonchev–Trinajstić information content (AvgIpc) is 3.64. The van der Waals surface area contributed by atoms with Crippen LogP contribution in [-0.2, 0) is 14.4 Å². The predicted octanol–water partition coefficient (Wildman–Crippen LogP) is 3.51. The van der Waals surface area contributed by atoms with Crippen LogP contribution in [-0.4, -0.2) is 39.9 Å². The molecule has 0 unspecified atom stereocenters. The number of fused-ring (bicyclic) bond motifs is 2. The normalized spacial score (nSPS) is 27.9. The van der Waals surface area contributed by atoms with Gasteiger partial charge in [-0.25, -0.2) is 0 Å². The van der Waals surface area contributed by atoms with Crippen LogP contribution in [0, 0.1) is 11.8 Å². The maximum Gasteiger partial charge on any atom is 0.303 e. The van der Waals surface area contributed by atoms with Crippen molar-refractivity contribution in [2.45, 2.75) is 75.9 Å². The lowest BCUT2D eigenvalue weighted by Crippen LogP contribution is -2.53. The molecule has 4 aliphatic rings. The molecule has 6 nitrogen and oxygen atoms in total. The van der Waals surface area contributed by atoms with Gasteiger partial charge in [0.1, 0.15) is 0 Å². The summed E-state index contributed by atoms with van der Waals surface area (Å²) in [7, 11) is 0. The van der Waals surface area contributed by atoms with Crippen LogP contribution < -0.4 is 4.90 Å². The van der Waals surface area contributed by atoms with E-state index in [1.807, 2.05) is 23.1 Å². The molecule has 0 saturated heterocycles. The first-order valence-corrected chi connectivity index (χ1v) is 11.0. The summed E-state index contributed by atoms with van der Waals surface area (Å²) in [5.74, 6) is -0.331. The van der Waals surface area contributed by atoms with Crippen LogP contribution in [0.4, 0.5) is 5.69 Å². The smallest absolute Gasteiger partial charge is 0.303 e. The standard InChI is InChI=1S/C23H28N2O4/c26-20(12-13-21(27)28)24(15-10-11-15)22-16-4-1-2-6-18(16)25(23(29)14-8-9-14)19-7-3-5-17(19)22/h1-2,4,6,14-15,17,19,22H,3,5,7-13H2,(H,27,28)/t17-,19+,22-/m0/s1. The molecular formula is C23H28N2O4.